The van der Waals surface area contributed by atoms with Gasteiger partial charge in [0, 0.05) is 38.3 Å². The molecule has 0 radical (unpaired) electrons. The quantitative estimate of drug-likeness (QED) is 0.851. The summed E-state index contributed by atoms with van der Waals surface area (Å²) < 4.78 is 22.9. The number of amides is 1. The molecule has 2 aromatic rings. The van der Waals surface area contributed by atoms with Gasteiger partial charge in [-0.3, -0.25) is 9.69 Å². The number of rotatable bonds is 5. The summed E-state index contributed by atoms with van der Waals surface area (Å²) in [5.74, 6) is -0.167. The van der Waals surface area contributed by atoms with Crippen LogP contribution >= 0.6 is 0 Å². The molecule has 0 bridgehead atoms. The number of hydrogen-bond acceptors (Lipinski definition) is 4. The van der Waals surface area contributed by atoms with Crippen molar-refractivity contribution in [3.63, 3.8) is 0 Å². The Labute approximate surface area is 159 Å². The summed E-state index contributed by atoms with van der Waals surface area (Å²) >= 11 is 0. The van der Waals surface area contributed by atoms with Gasteiger partial charge in [-0.1, -0.05) is 48.6 Å². The lowest BCUT2D eigenvalue weighted by molar-refractivity contribution is 0.0650. The number of carbonyl (C=O) groups excluding carboxylic acids is 1. The van der Waals surface area contributed by atoms with Crippen LogP contribution in [-0.4, -0.2) is 56.8 Å². The summed E-state index contributed by atoms with van der Waals surface area (Å²) in [4.78, 5) is 16.6. The van der Waals surface area contributed by atoms with Crippen LogP contribution in [-0.2, 0) is 10.0 Å². The molecule has 0 unspecified atom stereocenters. The molecule has 7 heteroatoms. The molecule has 1 aliphatic rings. The first-order chi connectivity index (χ1) is 12.9. The molecule has 0 aromatic heterocycles. The molecule has 1 saturated heterocycles. The van der Waals surface area contributed by atoms with Crippen LogP contribution in [0.4, 0.5) is 0 Å². The van der Waals surface area contributed by atoms with E-state index in [1.54, 1.807) is 11.0 Å². The maximum atomic E-state index is 12.6. The van der Waals surface area contributed by atoms with Gasteiger partial charge in [0.05, 0.1) is 4.90 Å². The average molecular weight is 385 g/mol. The molecular weight excluding hydrogens is 362 g/mol. The summed E-state index contributed by atoms with van der Waals surface area (Å²) in [5.41, 5.74) is 1.51. The third-order valence-electron chi connectivity index (χ3n) is 4.54. The Morgan fingerprint density at radius 1 is 1.00 bits per heavy atom. The van der Waals surface area contributed by atoms with Crippen molar-refractivity contribution in [1.82, 2.24) is 9.80 Å². The minimum atomic E-state index is -3.82. The van der Waals surface area contributed by atoms with Crippen LogP contribution in [0, 0.1) is 0 Å². The van der Waals surface area contributed by atoms with Crippen molar-refractivity contribution in [2.24, 2.45) is 5.14 Å². The molecule has 0 atom stereocenters. The van der Waals surface area contributed by atoms with Gasteiger partial charge in [-0.15, -0.1) is 0 Å². The van der Waals surface area contributed by atoms with Gasteiger partial charge in [-0.2, -0.15) is 0 Å². The van der Waals surface area contributed by atoms with E-state index in [2.05, 4.69) is 29.2 Å². The molecule has 0 saturated carbocycles. The summed E-state index contributed by atoms with van der Waals surface area (Å²) in [6.45, 7) is 3.60. The fourth-order valence-electron chi connectivity index (χ4n) is 3.02. The average Bonchev–Trinajstić information content (AvgIpc) is 2.68. The van der Waals surface area contributed by atoms with Crippen LogP contribution in [0.15, 0.2) is 65.6 Å². The molecule has 0 spiro atoms. The van der Waals surface area contributed by atoms with Crippen molar-refractivity contribution in [3.8, 4) is 0 Å². The number of hydrogen-bond donors (Lipinski definition) is 1. The van der Waals surface area contributed by atoms with E-state index in [0.717, 1.165) is 19.6 Å². The first-order valence-electron chi connectivity index (χ1n) is 8.79. The van der Waals surface area contributed by atoms with Crippen molar-refractivity contribution < 1.29 is 13.2 Å². The van der Waals surface area contributed by atoms with E-state index in [1.165, 1.54) is 23.8 Å². The highest BCUT2D eigenvalue weighted by Gasteiger charge is 2.22. The highest BCUT2D eigenvalue weighted by molar-refractivity contribution is 7.89. The Morgan fingerprint density at radius 2 is 1.70 bits per heavy atom. The molecule has 3 rings (SSSR count). The van der Waals surface area contributed by atoms with Crippen LogP contribution in [0.1, 0.15) is 15.9 Å². The Kier molecular flexibility index (Phi) is 6.05. The van der Waals surface area contributed by atoms with E-state index in [-0.39, 0.29) is 10.8 Å². The number of nitrogens with two attached hydrogens (primary N) is 1. The molecule has 6 nitrogen and oxygen atoms in total. The molecule has 2 N–H and O–H groups in total. The largest absolute Gasteiger partial charge is 0.336 e. The zero-order valence-corrected chi connectivity index (χ0v) is 15.8. The second-order valence-corrected chi connectivity index (χ2v) is 8.04. The topological polar surface area (TPSA) is 83.7 Å². The summed E-state index contributed by atoms with van der Waals surface area (Å²) in [5, 5.41) is 5.15. The van der Waals surface area contributed by atoms with Gasteiger partial charge in [-0.25, -0.2) is 13.6 Å². The maximum Gasteiger partial charge on any atom is 0.253 e. The lowest BCUT2D eigenvalue weighted by Crippen LogP contribution is -2.48. The first kappa shape index (κ1) is 19.3. The number of primary sulfonamides is 1. The first-order valence-corrected chi connectivity index (χ1v) is 10.3. The van der Waals surface area contributed by atoms with E-state index in [1.807, 2.05) is 18.2 Å². The molecule has 2 aromatic carbocycles. The van der Waals surface area contributed by atoms with Crippen LogP contribution in [0.5, 0.6) is 0 Å². The van der Waals surface area contributed by atoms with E-state index < -0.39 is 10.0 Å². The predicted molar refractivity (Wildman–Crippen MR) is 106 cm³/mol. The predicted octanol–water partition coefficient (Wildman–Crippen LogP) is 1.81. The standard InChI is InChI=1S/C20H23N3O3S/c21-27(25,26)19-10-4-9-18(16-19)20(24)23-14-12-22(13-15-23)11-5-8-17-6-2-1-3-7-17/h1-10,16H,11-15H2,(H2,21,25,26). The second-order valence-electron chi connectivity index (χ2n) is 6.48. The number of piperazine rings is 1. The minimum absolute atomic E-state index is 0.0435. The van der Waals surface area contributed by atoms with Crippen LogP contribution in [0.25, 0.3) is 6.08 Å². The monoisotopic (exact) mass is 385 g/mol. The lowest BCUT2D eigenvalue weighted by Gasteiger charge is -2.34. The molecule has 1 aliphatic heterocycles. The van der Waals surface area contributed by atoms with Crippen LogP contribution < -0.4 is 5.14 Å². The normalized spacial score (nSPS) is 16.0. The molecule has 1 heterocycles. The molecule has 1 amide bonds. The van der Waals surface area contributed by atoms with Crippen molar-refractivity contribution >= 4 is 22.0 Å². The zero-order valence-electron chi connectivity index (χ0n) is 15.0. The van der Waals surface area contributed by atoms with Gasteiger partial charge in [-0.05, 0) is 23.8 Å². The van der Waals surface area contributed by atoms with E-state index >= 15 is 0 Å². The minimum Gasteiger partial charge on any atom is -0.336 e. The van der Waals surface area contributed by atoms with Gasteiger partial charge in [0.1, 0.15) is 0 Å². The third-order valence-corrected chi connectivity index (χ3v) is 5.45. The van der Waals surface area contributed by atoms with Crippen molar-refractivity contribution in [1.29, 1.82) is 0 Å². The Hall–Kier alpha value is -2.48. The number of sulfonamides is 1. The number of carbonyl (C=O) groups is 1. The Morgan fingerprint density at radius 3 is 2.37 bits per heavy atom. The molecule has 0 aliphatic carbocycles. The van der Waals surface area contributed by atoms with Gasteiger partial charge in [0.2, 0.25) is 10.0 Å². The highest BCUT2D eigenvalue weighted by Crippen LogP contribution is 2.14. The van der Waals surface area contributed by atoms with Gasteiger partial charge >= 0.3 is 0 Å². The van der Waals surface area contributed by atoms with Crippen LogP contribution in [0.2, 0.25) is 0 Å². The Balaban J connectivity index is 1.54. The second kappa shape index (κ2) is 8.47. The fourth-order valence-corrected chi connectivity index (χ4v) is 3.58. The van der Waals surface area contributed by atoms with E-state index in [9.17, 15) is 13.2 Å². The number of nitrogens with zero attached hydrogens (tertiary/aromatic N) is 2. The van der Waals surface area contributed by atoms with Gasteiger partial charge in [0.15, 0.2) is 0 Å². The van der Waals surface area contributed by atoms with E-state index in [0.29, 0.717) is 18.7 Å². The zero-order chi connectivity index (χ0) is 19.3. The van der Waals surface area contributed by atoms with Crippen molar-refractivity contribution in [2.45, 2.75) is 4.90 Å². The summed E-state index contributed by atoms with van der Waals surface area (Å²) in [7, 11) is -3.82. The van der Waals surface area contributed by atoms with E-state index in [4.69, 9.17) is 5.14 Å². The SMILES string of the molecule is NS(=O)(=O)c1cccc(C(=O)N2CCN(CC=Cc3ccccc3)CC2)c1. The summed E-state index contributed by atoms with van der Waals surface area (Å²) in [6.07, 6.45) is 4.22. The van der Waals surface area contributed by atoms with Crippen LogP contribution in [0.3, 0.4) is 0 Å². The van der Waals surface area contributed by atoms with Crippen molar-refractivity contribution in [2.75, 3.05) is 32.7 Å². The van der Waals surface area contributed by atoms with Crippen molar-refractivity contribution in [3.05, 3.63) is 71.8 Å². The Bertz CT molecular complexity index is 918. The molecular formula is C20H23N3O3S. The highest BCUT2D eigenvalue weighted by atomic mass is 32.2. The lowest BCUT2D eigenvalue weighted by atomic mass is 10.1. The van der Waals surface area contributed by atoms with Gasteiger partial charge < -0.3 is 4.90 Å². The fraction of sp³-hybridized carbons (Fsp3) is 0.250. The third kappa shape index (κ3) is 5.26. The summed E-state index contributed by atoms with van der Waals surface area (Å²) in [6, 6.07) is 16.0. The molecule has 142 valence electrons. The molecule has 27 heavy (non-hydrogen) atoms. The number of benzene rings is 2. The smallest absolute Gasteiger partial charge is 0.253 e. The molecule has 1 fully saturated rings. The maximum absolute atomic E-state index is 12.6. The van der Waals surface area contributed by atoms with Gasteiger partial charge in [0.25, 0.3) is 5.91 Å².